The van der Waals surface area contributed by atoms with E-state index < -0.39 is 0 Å². The summed E-state index contributed by atoms with van der Waals surface area (Å²) in [5, 5.41) is 3.15. The highest BCUT2D eigenvalue weighted by Gasteiger charge is 2.18. The van der Waals surface area contributed by atoms with E-state index in [1.807, 2.05) is 11.9 Å². The third-order valence-corrected chi connectivity index (χ3v) is 2.41. The number of rotatable bonds is 4. The fourth-order valence-corrected chi connectivity index (χ4v) is 1.28. The quantitative estimate of drug-likeness (QED) is 0.663. The van der Waals surface area contributed by atoms with Gasteiger partial charge in [0.25, 0.3) is 0 Å². The van der Waals surface area contributed by atoms with E-state index in [1.54, 1.807) is 0 Å². The van der Waals surface area contributed by atoms with Gasteiger partial charge in [-0.25, -0.2) is 0 Å². The van der Waals surface area contributed by atoms with Gasteiger partial charge in [-0.15, -0.1) is 0 Å². The predicted molar refractivity (Wildman–Crippen MR) is 50.5 cm³/mol. The molecule has 1 aliphatic rings. The Balaban J connectivity index is 2.22. The number of hydrogen-bond donors (Lipinski definition) is 1. The summed E-state index contributed by atoms with van der Waals surface area (Å²) in [4.78, 5) is 13.1. The molecule has 0 aromatic carbocycles. The largest absolute Gasteiger partial charge is 0.370 e. The summed E-state index contributed by atoms with van der Waals surface area (Å²) < 4.78 is 5.04. The van der Waals surface area contributed by atoms with Gasteiger partial charge >= 0.3 is 0 Å². The Morgan fingerprint density at radius 3 is 3.08 bits per heavy atom. The molecule has 0 radical (unpaired) electrons. The van der Waals surface area contributed by atoms with Crippen molar-refractivity contribution in [1.82, 2.24) is 10.2 Å². The predicted octanol–water partition coefficient (Wildman–Crippen LogP) is -0.157. The zero-order chi connectivity index (χ0) is 9.68. The molecule has 1 atom stereocenters. The third-order valence-electron chi connectivity index (χ3n) is 2.41. The van der Waals surface area contributed by atoms with Crippen LogP contribution < -0.4 is 5.32 Å². The van der Waals surface area contributed by atoms with E-state index in [9.17, 15) is 4.79 Å². The molecule has 1 saturated heterocycles. The van der Waals surface area contributed by atoms with Crippen LogP contribution in [0.4, 0.5) is 0 Å². The molecule has 1 heterocycles. The molecule has 0 aromatic heterocycles. The van der Waals surface area contributed by atoms with Crippen molar-refractivity contribution in [1.29, 1.82) is 0 Å². The van der Waals surface area contributed by atoms with Gasteiger partial charge in [-0.2, -0.15) is 0 Å². The van der Waals surface area contributed by atoms with Crippen LogP contribution >= 0.6 is 0 Å². The molecule has 1 N–H and O–H groups in total. The molecule has 4 heteroatoms. The first-order valence-electron chi connectivity index (χ1n) is 4.77. The fourth-order valence-electron chi connectivity index (χ4n) is 1.28. The number of amides is 1. The summed E-state index contributed by atoms with van der Waals surface area (Å²) >= 11 is 0. The molecule has 1 amide bonds. The number of carbonyl (C=O) groups is 1. The third kappa shape index (κ3) is 3.32. The number of carbonyl (C=O) groups excluding carboxylic acids is 1. The smallest absolute Gasteiger partial charge is 0.248 e. The van der Waals surface area contributed by atoms with Crippen LogP contribution in [0, 0.1) is 0 Å². The van der Waals surface area contributed by atoms with Gasteiger partial charge in [0, 0.05) is 19.1 Å². The van der Waals surface area contributed by atoms with Gasteiger partial charge in [0.1, 0.15) is 6.61 Å². The van der Waals surface area contributed by atoms with Crippen LogP contribution in [-0.2, 0) is 9.53 Å². The minimum absolute atomic E-state index is 0.120. The van der Waals surface area contributed by atoms with Crippen LogP contribution in [-0.4, -0.2) is 50.2 Å². The maximum Gasteiger partial charge on any atom is 0.248 e. The van der Waals surface area contributed by atoms with Gasteiger partial charge in [0.05, 0.1) is 6.61 Å². The molecule has 0 aromatic rings. The molecule has 1 rings (SSSR count). The lowest BCUT2D eigenvalue weighted by atomic mass is 10.2. The van der Waals surface area contributed by atoms with E-state index in [0.717, 1.165) is 19.5 Å². The van der Waals surface area contributed by atoms with Crippen LogP contribution in [0.3, 0.4) is 0 Å². The average molecular weight is 186 g/mol. The van der Waals surface area contributed by atoms with Crippen molar-refractivity contribution in [2.45, 2.75) is 19.4 Å². The summed E-state index contributed by atoms with van der Waals surface area (Å²) in [5.74, 6) is 0.120. The second kappa shape index (κ2) is 5.19. The van der Waals surface area contributed by atoms with E-state index in [0.29, 0.717) is 12.6 Å². The van der Waals surface area contributed by atoms with Gasteiger partial charge < -0.3 is 15.0 Å². The van der Waals surface area contributed by atoms with Crippen LogP contribution in [0.15, 0.2) is 0 Å². The first kappa shape index (κ1) is 10.5. The summed E-state index contributed by atoms with van der Waals surface area (Å²) in [5.41, 5.74) is 0. The highest BCUT2D eigenvalue weighted by Crippen LogP contribution is 2.01. The van der Waals surface area contributed by atoms with Crippen molar-refractivity contribution in [3.05, 3.63) is 0 Å². The number of morpholine rings is 1. The highest BCUT2D eigenvalue weighted by molar-refractivity contribution is 5.77. The van der Waals surface area contributed by atoms with Crippen molar-refractivity contribution in [2.75, 3.05) is 33.4 Å². The lowest BCUT2D eigenvalue weighted by Crippen LogP contribution is -2.43. The van der Waals surface area contributed by atoms with Crippen molar-refractivity contribution in [3.8, 4) is 0 Å². The van der Waals surface area contributed by atoms with E-state index in [4.69, 9.17) is 4.74 Å². The topological polar surface area (TPSA) is 41.6 Å². The SMILES string of the molecule is CNC(C)CCN1CCOCC1=O. The molecule has 1 fully saturated rings. The Bertz CT molecular complexity index is 173. The summed E-state index contributed by atoms with van der Waals surface area (Å²) in [6, 6.07) is 0.468. The second-order valence-corrected chi connectivity index (χ2v) is 3.41. The molecule has 1 unspecified atom stereocenters. The molecular weight excluding hydrogens is 168 g/mol. The van der Waals surface area contributed by atoms with Gasteiger partial charge in [0.2, 0.25) is 5.91 Å². The number of ether oxygens (including phenoxy) is 1. The van der Waals surface area contributed by atoms with Crippen molar-refractivity contribution >= 4 is 5.91 Å². The Kier molecular flexibility index (Phi) is 4.18. The minimum Gasteiger partial charge on any atom is -0.370 e. The highest BCUT2D eigenvalue weighted by atomic mass is 16.5. The number of nitrogens with one attached hydrogen (secondary N) is 1. The van der Waals surface area contributed by atoms with E-state index >= 15 is 0 Å². The Morgan fingerprint density at radius 1 is 1.69 bits per heavy atom. The fraction of sp³-hybridized carbons (Fsp3) is 0.889. The molecule has 13 heavy (non-hydrogen) atoms. The van der Waals surface area contributed by atoms with Gasteiger partial charge in [0.15, 0.2) is 0 Å². The first-order chi connectivity index (χ1) is 6.24. The first-order valence-corrected chi connectivity index (χ1v) is 4.77. The standard InChI is InChI=1S/C9H18N2O2/c1-8(10-2)3-4-11-5-6-13-7-9(11)12/h8,10H,3-7H2,1-2H3. The Morgan fingerprint density at radius 2 is 2.46 bits per heavy atom. The second-order valence-electron chi connectivity index (χ2n) is 3.41. The number of hydrogen-bond acceptors (Lipinski definition) is 3. The molecule has 0 spiro atoms. The van der Waals surface area contributed by atoms with Crippen LogP contribution in [0.5, 0.6) is 0 Å². The van der Waals surface area contributed by atoms with E-state index in [-0.39, 0.29) is 12.5 Å². The minimum atomic E-state index is 0.120. The van der Waals surface area contributed by atoms with Gasteiger partial charge in [-0.1, -0.05) is 0 Å². The maximum absolute atomic E-state index is 11.3. The molecule has 0 saturated carbocycles. The lowest BCUT2D eigenvalue weighted by Gasteiger charge is -2.27. The molecular formula is C9H18N2O2. The zero-order valence-corrected chi connectivity index (χ0v) is 8.38. The number of nitrogens with zero attached hydrogens (tertiary/aromatic N) is 1. The molecule has 76 valence electrons. The van der Waals surface area contributed by atoms with Gasteiger partial charge in [-0.05, 0) is 20.4 Å². The Labute approximate surface area is 79.2 Å². The summed E-state index contributed by atoms with van der Waals surface area (Å²) in [6.07, 6.45) is 1.00. The van der Waals surface area contributed by atoms with Crippen molar-refractivity contribution in [3.63, 3.8) is 0 Å². The van der Waals surface area contributed by atoms with Gasteiger partial charge in [-0.3, -0.25) is 4.79 Å². The Hall–Kier alpha value is -0.610. The monoisotopic (exact) mass is 186 g/mol. The molecule has 0 bridgehead atoms. The summed E-state index contributed by atoms with van der Waals surface area (Å²) in [6.45, 7) is 4.64. The van der Waals surface area contributed by atoms with Crippen LogP contribution in [0.2, 0.25) is 0 Å². The maximum atomic E-state index is 11.3. The van der Waals surface area contributed by atoms with Crippen LogP contribution in [0.1, 0.15) is 13.3 Å². The van der Waals surface area contributed by atoms with E-state index in [2.05, 4.69) is 12.2 Å². The average Bonchev–Trinajstić information content (AvgIpc) is 2.16. The van der Waals surface area contributed by atoms with Crippen molar-refractivity contribution in [2.24, 2.45) is 0 Å². The molecule has 4 nitrogen and oxygen atoms in total. The normalized spacial score (nSPS) is 20.5. The molecule has 1 aliphatic heterocycles. The van der Waals surface area contributed by atoms with Crippen LogP contribution in [0.25, 0.3) is 0 Å². The lowest BCUT2D eigenvalue weighted by molar-refractivity contribution is -0.142. The molecule has 0 aliphatic carbocycles. The zero-order valence-electron chi connectivity index (χ0n) is 8.38. The van der Waals surface area contributed by atoms with E-state index in [1.165, 1.54) is 0 Å². The summed E-state index contributed by atoms with van der Waals surface area (Å²) in [7, 11) is 1.94. The van der Waals surface area contributed by atoms with Crippen molar-refractivity contribution < 1.29 is 9.53 Å².